The molecule has 2 fully saturated rings. The van der Waals surface area contributed by atoms with Crippen LogP contribution in [0.5, 0.6) is 11.5 Å². The number of quaternary nitrogens is 2. The highest BCUT2D eigenvalue weighted by Crippen LogP contribution is 2.30. The Labute approximate surface area is 167 Å². The third-order valence-electron chi connectivity index (χ3n) is 5.97. The lowest BCUT2D eigenvalue weighted by Gasteiger charge is -2.29. The van der Waals surface area contributed by atoms with Gasteiger partial charge in [-0.1, -0.05) is 6.07 Å². The van der Waals surface area contributed by atoms with E-state index in [1.54, 1.807) is 14.2 Å². The first-order valence-electron chi connectivity index (χ1n) is 10.4. The van der Waals surface area contributed by atoms with E-state index < -0.39 is 0 Å². The van der Waals surface area contributed by atoms with Gasteiger partial charge in [-0.2, -0.15) is 0 Å². The number of amides is 1. The van der Waals surface area contributed by atoms with Crippen molar-refractivity contribution in [3.63, 3.8) is 0 Å². The van der Waals surface area contributed by atoms with Crippen LogP contribution < -0.4 is 24.6 Å². The molecule has 0 aliphatic carbocycles. The highest BCUT2D eigenvalue weighted by Gasteiger charge is 2.28. The van der Waals surface area contributed by atoms with Gasteiger partial charge in [0.2, 0.25) is 5.91 Å². The van der Waals surface area contributed by atoms with Gasteiger partial charge in [0.15, 0.2) is 11.5 Å². The fraction of sp³-hybridized carbons (Fsp3) is 0.667. The number of piperidine rings is 1. The normalized spacial score (nSPS) is 23.2. The van der Waals surface area contributed by atoms with Crippen LogP contribution in [0, 0.1) is 5.92 Å². The van der Waals surface area contributed by atoms with E-state index in [0.29, 0.717) is 0 Å². The van der Waals surface area contributed by atoms with Crippen molar-refractivity contribution in [3.8, 4) is 11.5 Å². The van der Waals surface area contributed by atoms with E-state index in [1.165, 1.54) is 9.80 Å². The molecule has 0 radical (unpaired) electrons. The van der Waals surface area contributed by atoms with Crippen molar-refractivity contribution in [1.29, 1.82) is 0 Å². The molecular formula is C21H35N3O4+2. The molecule has 0 aromatic heterocycles. The minimum atomic E-state index is 0.149. The first-order chi connectivity index (χ1) is 13.7. The monoisotopic (exact) mass is 393 g/mol. The van der Waals surface area contributed by atoms with E-state index in [4.69, 9.17) is 14.2 Å². The van der Waals surface area contributed by atoms with Gasteiger partial charge in [0.25, 0.3) is 0 Å². The van der Waals surface area contributed by atoms with Gasteiger partial charge in [-0.3, -0.25) is 4.79 Å². The van der Waals surface area contributed by atoms with Crippen molar-refractivity contribution >= 4 is 5.91 Å². The summed E-state index contributed by atoms with van der Waals surface area (Å²) in [6.45, 7) is 8.44. The maximum Gasteiger partial charge on any atom is 0.223 e. The predicted molar refractivity (Wildman–Crippen MR) is 106 cm³/mol. The highest BCUT2D eigenvalue weighted by atomic mass is 16.5. The van der Waals surface area contributed by atoms with Gasteiger partial charge in [0, 0.05) is 18.8 Å². The molecule has 3 rings (SSSR count). The summed E-state index contributed by atoms with van der Waals surface area (Å²) in [5.41, 5.74) is 1.16. The summed E-state index contributed by atoms with van der Waals surface area (Å²) in [6, 6.07) is 6.03. The fourth-order valence-electron chi connectivity index (χ4n) is 4.24. The molecule has 1 aromatic carbocycles. The van der Waals surface area contributed by atoms with Crippen LogP contribution in [-0.2, 0) is 16.1 Å². The van der Waals surface area contributed by atoms with Gasteiger partial charge in [0.1, 0.15) is 19.6 Å². The fourth-order valence-corrected chi connectivity index (χ4v) is 4.24. The summed E-state index contributed by atoms with van der Waals surface area (Å²) in [6.07, 6.45) is 1.88. The topological polar surface area (TPSA) is 65.7 Å². The second-order valence-corrected chi connectivity index (χ2v) is 7.76. The van der Waals surface area contributed by atoms with E-state index in [0.717, 1.165) is 88.9 Å². The number of para-hydroxylation sites is 1. The Morgan fingerprint density at radius 2 is 1.86 bits per heavy atom. The summed E-state index contributed by atoms with van der Waals surface area (Å²) in [7, 11) is 3.35. The molecule has 3 N–H and O–H groups in total. The van der Waals surface area contributed by atoms with E-state index in [9.17, 15) is 4.79 Å². The number of benzene rings is 1. The number of ether oxygens (including phenoxy) is 3. The van der Waals surface area contributed by atoms with Crippen molar-refractivity contribution < 1.29 is 28.8 Å². The molecule has 1 amide bonds. The Hall–Kier alpha value is -1.83. The van der Waals surface area contributed by atoms with E-state index >= 15 is 0 Å². The van der Waals surface area contributed by atoms with Crippen LogP contribution in [0.25, 0.3) is 0 Å². The zero-order valence-electron chi connectivity index (χ0n) is 17.2. The third kappa shape index (κ3) is 5.59. The van der Waals surface area contributed by atoms with Gasteiger partial charge in [0.05, 0.1) is 59.2 Å². The lowest BCUT2D eigenvalue weighted by molar-refractivity contribution is -0.919. The van der Waals surface area contributed by atoms with E-state index in [2.05, 4.69) is 11.4 Å². The van der Waals surface area contributed by atoms with Crippen LogP contribution in [0.1, 0.15) is 18.4 Å². The van der Waals surface area contributed by atoms with Gasteiger partial charge in [-0.15, -0.1) is 0 Å². The zero-order chi connectivity index (χ0) is 19.8. The van der Waals surface area contributed by atoms with Gasteiger partial charge in [-0.05, 0) is 12.1 Å². The van der Waals surface area contributed by atoms with Crippen molar-refractivity contribution in [2.24, 2.45) is 5.92 Å². The molecule has 0 unspecified atom stereocenters. The predicted octanol–water partition coefficient (Wildman–Crippen LogP) is -1.47. The molecule has 2 aliphatic rings. The van der Waals surface area contributed by atoms with Crippen LogP contribution in [-0.4, -0.2) is 72.6 Å². The average Bonchev–Trinajstić information content (AvgIpc) is 2.74. The Morgan fingerprint density at radius 3 is 2.54 bits per heavy atom. The smallest absolute Gasteiger partial charge is 0.223 e. The summed E-state index contributed by atoms with van der Waals surface area (Å²) in [5, 5.41) is 3.15. The Bertz CT molecular complexity index is 626. The molecule has 7 heteroatoms. The Kier molecular flexibility index (Phi) is 7.94. The van der Waals surface area contributed by atoms with E-state index in [1.807, 2.05) is 12.1 Å². The number of hydrogen-bond acceptors (Lipinski definition) is 4. The molecule has 7 nitrogen and oxygen atoms in total. The molecule has 2 heterocycles. The summed E-state index contributed by atoms with van der Waals surface area (Å²) in [4.78, 5) is 15.5. The van der Waals surface area contributed by atoms with Crippen LogP contribution in [0.15, 0.2) is 18.2 Å². The molecule has 2 saturated heterocycles. The number of methoxy groups -OCH3 is 2. The average molecular weight is 394 g/mol. The quantitative estimate of drug-likeness (QED) is 0.505. The maximum atomic E-state index is 12.5. The second kappa shape index (κ2) is 10.6. The maximum absolute atomic E-state index is 12.5. The van der Waals surface area contributed by atoms with Crippen molar-refractivity contribution in [3.05, 3.63) is 23.8 Å². The molecule has 0 bridgehead atoms. The second-order valence-electron chi connectivity index (χ2n) is 7.76. The van der Waals surface area contributed by atoms with Crippen molar-refractivity contribution in [2.75, 3.05) is 66.7 Å². The summed E-state index contributed by atoms with van der Waals surface area (Å²) < 4.78 is 16.3. The van der Waals surface area contributed by atoms with Gasteiger partial charge < -0.3 is 29.3 Å². The Morgan fingerprint density at radius 1 is 1.11 bits per heavy atom. The number of carbonyl (C=O) groups excluding carboxylic acids is 1. The minimum Gasteiger partial charge on any atom is -0.493 e. The van der Waals surface area contributed by atoms with Gasteiger partial charge in [-0.25, -0.2) is 0 Å². The Balaban J connectivity index is 1.41. The number of likely N-dealkylation sites (tertiary alicyclic amines) is 1. The van der Waals surface area contributed by atoms with Crippen LogP contribution in [0.4, 0.5) is 0 Å². The van der Waals surface area contributed by atoms with Crippen LogP contribution >= 0.6 is 0 Å². The number of morpholine rings is 1. The van der Waals surface area contributed by atoms with Crippen LogP contribution in [0.2, 0.25) is 0 Å². The number of rotatable bonds is 8. The molecule has 0 spiro atoms. The molecule has 0 atom stereocenters. The molecule has 1 aromatic rings. The standard InChI is InChI=1S/C21H33N3O4/c1-26-19-5-3-4-18(20(19)27-2)16-24-9-6-17(7-10-24)21(25)22-8-11-23-12-14-28-15-13-23/h3-5,17H,6-16H2,1-2H3,(H,22,25)/p+2. The lowest BCUT2D eigenvalue weighted by Crippen LogP contribution is -3.14. The summed E-state index contributed by atoms with van der Waals surface area (Å²) >= 11 is 0. The molecular weight excluding hydrogens is 358 g/mol. The molecule has 156 valence electrons. The number of carbonyl (C=O) groups is 1. The SMILES string of the molecule is COc1cccc(C[NH+]2CCC(C(=O)NCC[NH+]3CCOCC3)CC2)c1OC. The highest BCUT2D eigenvalue weighted by molar-refractivity contribution is 5.78. The number of hydrogen-bond donors (Lipinski definition) is 3. The van der Waals surface area contributed by atoms with E-state index in [-0.39, 0.29) is 11.8 Å². The molecule has 28 heavy (non-hydrogen) atoms. The van der Waals surface area contributed by atoms with Gasteiger partial charge >= 0.3 is 0 Å². The minimum absolute atomic E-state index is 0.149. The van der Waals surface area contributed by atoms with Crippen LogP contribution in [0.3, 0.4) is 0 Å². The number of nitrogens with one attached hydrogen (secondary N) is 3. The third-order valence-corrected chi connectivity index (χ3v) is 5.97. The van der Waals surface area contributed by atoms with Crippen molar-refractivity contribution in [1.82, 2.24) is 5.32 Å². The largest absolute Gasteiger partial charge is 0.493 e. The van der Waals surface area contributed by atoms with Crippen molar-refractivity contribution in [2.45, 2.75) is 19.4 Å². The first kappa shape index (κ1) is 20.9. The lowest BCUT2D eigenvalue weighted by atomic mass is 9.95. The zero-order valence-corrected chi connectivity index (χ0v) is 17.2. The summed E-state index contributed by atoms with van der Waals surface area (Å²) in [5.74, 6) is 1.97. The molecule has 0 saturated carbocycles. The first-order valence-corrected chi connectivity index (χ1v) is 10.4. The molecule has 2 aliphatic heterocycles.